The van der Waals surface area contributed by atoms with Gasteiger partial charge in [-0.2, -0.15) is 0 Å². The van der Waals surface area contributed by atoms with E-state index in [1.165, 1.54) is 6.08 Å². The van der Waals surface area contributed by atoms with Crippen molar-refractivity contribution in [2.75, 3.05) is 11.9 Å². The Morgan fingerprint density at radius 3 is 2.29 bits per heavy atom. The van der Waals surface area contributed by atoms with Crippen LogP contribution in [0.25, 0.3) is 6.08 Å². The van der Waals surface area contributed by atoms with Crippen molar-refractivity contribution in [3.8, 4) is 0 Å². The number of amides is 4. The molecule has 7 nitrogen and oxygen atoms in total. The molecule has 1 saturated heterocycles. The van der Waals surface area contributed by atoms with Gasteiger partial charge in [-0.1, -0.05) is 64.5 Å². The van der Waals surface area contributed by atoms with E-state index in [2.05, 4.69) is 26.6 Å². The Morgan fingerprint density at radius 1 is 0.971 bits per heavy atom. The summed E-state index contributed by atoms with van der Waals surface area (Å²) in [5.41, 5.74) is 1.21. The molecule has 0 aliphatic carbocycles. The standard InChI is InChI=1S/C27H22BrN3O4/c1-27(20-5-3-2-4-6-20)25(34)31(26(35)30-27)17-24(33)29-22-14-10-19(11-15-22)23(32)16-9-18-7-12-21(28)13-8-18/h2-16H,17H2,1H3,(H,29,33)(H,30,35)/b16-9+. The third-order valence-electron chi connectivity index (χ3n) is 5.68. The van der Waals surface area contributed by atoms with E-state index in [9.17, 15) is 19.2 Å². The number of hydrogen-bond donors (Lipinski definition) is 2. The lowest BCUT2D eigenvalue weighted by Gasteiger charge is -2.22. The second-order valence-corrected chi connectivity index (χ2v) is 9.10. The average molecular weight is 532 g/mol. The Morgan fingerprint density at radius 2 is 1.63 bits per heavy atom. The van der Waals surface area contributed by atoms with Crippen molar-refractivity contribution in [2.45, 2.75) is 12.5 Å². The fourth-order valence-corrected chi connectivity index (χ4v) is 3.98. The molecule has 8 heteroatoms. The van der Waals surface area contributed by atoms with Crippen molar-refractivity contribution in [3.05, 3.63) is 106 Å². The molecule has 1 atom stereocenters. The molecule has 0 aromatic heterocycles. The van der Waals surface area contributed by atoms with Crippen LogP contribution in [-0.4, -0.2) is 35.1 Å². The van der Waals surface area contributed by atoms with Crippen molar-refractivity contribution in [3.63, 3.8) is 0 Å². The smallest absolute Gasteiger partial charge is 0.325 e. The van der Waals surface area contributed by atoms with E-state index in [0.29, 0.717) is 16.8 Å². The summed E-state index contributed by atoms with van der Waals surface area (Å²) in [7, 11) is 0. The van der Waals surface area contributed by atoms with E-state index in [4.69, 9.17) is 0 Å². The van der Waals surface area contributed by atoms with Gasteiger partial charge in [0, 0.05) is 15.7 Å². The average Bonchev–Trinajstić information content (AvgIpc) is 3.08. The van der Waals surface area contributed by atoms with Gasteiger partial charge in [0.15, 0.2) is 5.78 Å². The van der Waals surface area contributed by atoms with Crippen LogP contribution in [-0.2, 0) is 15.1 Å². The van der Waals surface area contributed by atoms with Crippen molar-refractivity contribution < 1.29 is 19.2 Å². The molecular weight excluding hydrogens is 510 g/mol. The second-order valence-electron chi connectivity index (χ2n) is 8.19. The van der Waals surface area contributed by atoms with Crippen LogP contribution in [0.1, 0.15) is 28.4 Å². The van der Waals surface area contributed by atoms with Crippen LogP contribution in [0.5, 0.6) is 0 Å². The van der Waals surface area contributed by atoms with E-state index in [-0.39, 0.29) is 5.78 Å². The Balaban J connectivity index is 1.36. The lowest BCUT2D eigenvalue weighted by Crippen LogP contribution is -2.42. The molecule has 4 amide bonds. The van der Waals surface area contributed by atoms with Crippen LogP contribution in [0, 0.1) is 0 Å². The second kappa shape index (κ2) is 10.1. The first-order valence-electron chi connectivity index (χ1n) is 10.8. The molecule has 0 bridgehead atoms. The Hall–Kier alpha value is -4.04. The molecular formula is C27H22BrN3O4. The zero-order chi connectivity index (χ0) is 25.0. The van der Waals surface area contributed by atoms with Crippen molar-refractivity contribution >= 4 is 51.3 Å². The highest BCUT2D eigenvalue weighted by atomic mass is 79.9. The Kier molecular flexibility index (Phi) is 6.93. The van der Waals surface area contributed by atoms with Crippen molar-refractivity contribution in [1.82, 2.24) is 10.2 Å². The molecule has 1 aliphatic heterocycles. The summed E-state index contributed by atoms with van der Waals surface area (Å²) in [5.74, 6) is -1.20. The third kappa shape index (κ3) is 5.38. The maximum Gasteiger partial charge on any atom is 0.325 e. The van der Waals surface area contributed by atoms with Crippen LogP contribution >= 0.6 is 15.9 Å². The van der Waals surface area contributed by atoms with Gasteiger partial charge in [0.1, 0.15) is 12.1 Å². The number of nitrogens with one attached hydrogen (secondary N) is 2. The highest BCUT2D eigenvalue weighted by molar-refractivity contribution is 9.10. The summed E-state index contributed by atoms with van der Waals surface area (Å²) < 4.78 is 0.957. The van der Waals surface area contributed by atoms with Gasteiger partial charge in [0.05, 0.1) is 0 Å². The number of carbonyl (C=O) groups is 4. The van der Waals surface area contributed by atoms with Crippen LogP contribution in [0.15, 0.2) is 89.4 Å². The van der Waals surface area contributed by atoms with Gasteiger partial charge >= 0.3 is 6.03 Å². The number of ketones is 1. The van der Waals surface area contributed by atoms with Gasteiger partial charge < -0.3 is 10.6 Å². The largest absolute Gasteiger partial charge is 0.325 e. The third-order valence-corrected chi connectivity index (χ3v) is 6.21. The molecule has 3 aromatic carbocycles. The number of imide groups is 1. The number of urea groups is 1. The maximum atomic E-state index is 12.9. The molecule has 0 spiro atoms. The summed E-state index contributed by atoms with van der Waals surface area (Å²) >= 11 is 3.37. The number of carbonyl (C=O) groups excluding carboxylic acids is 4. The number of hydrogen-bond acceptors (Lipinski definition) is 4. The summed E-state index contributed by atoms with van der Waals surface area (Å²) in [4.78, 5) is 51.2. The number of allylic oxidation sites excluding steroid dienone is 1. The van der Waals surface area contributed by atoms with E-state index in [0.717, 1.165) is 14.9 Å². The van der Waals surface area contributed by atoms with Gasteiger partial charge in [-0.05, 0) is 60.5 Å². The minimum atomic E-state index is -1.23. The Labute approximate surface area is 211 Å². The summed E-state index contributed by atoms with van der Waals surface area (Å²) in [6.45, 7) is 1.19. The molecule has 4 rings (SSSR count). The molecule has 2 N–H and O–H groups in total. The SMILES string of the molecule is CC1(c2ccccc2)NC(=O)N(CC(=O)Nc2ccc(C(=O)/C=C/c3ccc(Br)cc3)cc2)C1=O. The highest BCUT2D eigenvalue weighted by Gasteiger charge is 2.49. The van der Waals surface area contributed by atoms with E-state index < -0.39 is 29.9 Å². The molecule has 1 fully saturated rings. The van der Waals surface area contributed by atoms with Gasteiger partial charge in [-0.25, -0.2) is 4.79 Å². The van der Waals surface area contributed by atoms with Crippen molar-refractivity contribution in [2.24, 2.45) is 0 Å². The predicted octanol–water partition coefficient (Wildman–Crippen LogP) is 4.75. The molecule has 35 heavy (non-hydrogen) atoms. The van der Waals surface area contributed by atoms with Crippen LogP contribution < -0.4 is 10.6 Å². The van der Waals surface area contributed by atoms with E-state index >= 15 is 0 Å². The first-order valence-corrected chi connectivity index (χ1v) is 11.6. The van der Waals surface area contributed by atoms with Gasteiger partial charge in [0.25, 0.3) is 5.91 Å². The van der Waals surface area contributed by atoms with Gasteiger partial charge in [-0.3, -0.25) is 19.3 Å². The number of anilines is 1. The zero-order valence-electron chi connectivity index (χ0n) is 18.8. The lowest BCUT2D eigenvalue weighted by atomic mass is 9.92. The topological polar surface area (TPSA) is 95.6 Å². The highest BCUT2D eigenvalue weighted by Crippen LogP contribution is 2.28. The number of benzene rings is 3. The molecule has 0 radical (unpaired) electrons. The quantitative estimate of drug-likeness (QED) is 0.261. The fraction of sp³-hybridized carbons (Fsp3) is 0.111. The summed E-state index contributed by atoms with van der Waals surface area (Å²) in [5, 5.41) is 5.33. The molecule has 176 valence electrons. The number of rotatable bonds is 7. The molecule has 1 heterocycles. The minimum absolute atomic E-state index is 0.176. The maximum absolute atomic E-state index is 12.9. The summed E-state index contributed by atoms with van der Waals surface area (Å²) in [6.07, 6.45) is 3.21. The van der Waals surface area contributed by atoms with Crippen molar-refractivity contribution in [1.29, 1.82) is 0 Å². The zero-order valence-corrected chi connectivity index (χ0v) is 20.4. The minimum Gasteiger partial charge on any atom is -0.325 e. The molecule has 1 aliphatic rings. The first-order chi connectivity index (χ1) is 16.8. The predicted molar refractivity (Wildman–Crippen MR) is 137 cm³/mol. The van der Waals surface area contributed by atoms with Gasteiger partial charge in [-0.15, -0.1) is 0 Å². The fourth-order valence-electron chi connectivity index (χ4n) is 3.71. The van der Waals surface area contributed by atoms with Crippen LogP contribution in [0.2, 0.25) is 0 Å². The molecule has 0 saturated carbocycles. The van der Waals surface area contributed by atoms with Gasteiger partial charge in [0.2, 0.25) is 5.91 Å². The molecule has 1 unspecified atom stereocenters. The lowest BCUT2D eigenvalue weighted by molar-refractivity contribution is -0.133. The van der Waals surface area contributed by atoms with Crippen LogP contribution in [0.3, 0.4) is 0 Å². The number of nitrogens with zero attached hydrogens (tertiary/aromatic N) is 1. The normalized spacial score (nSPS) is 17.5. The van der Waals surface area contributed by atoms with Crippen LogP contribution in [0.4, 0.5) is 10.5 Å². The molecule has 3 aromatic rings. The van der Waals surface area contributed by atoms with E-state index in [1.54, 1.807) is 61.5 Å². The number of halogens is 1. The Bertz CT molecular complexity index is 1300. The van der Waals surface area contributed by atoms with E-state index in [1.807, 2.05) is 30.3 Å². The first kappa shape index (κ1) is 24.1. The monoisotopic (exact) mass is 531 g/mol. The summed E-state index contributed by atoms with van der Waals surface area (Å²) in [6, 6.07) is 22.2.